The number of hydrogen-bond acceptors (Lipinski definition) is 4. The molecule has 1 heterocycles. The predicted octanol–water partition coefficient (Wildman–Crippen LogP) is 3.55. The van der Waals surface area contributed by atoms with Crippen molar-refractivity contribution in [1.29, 1.82) is 0 Å². The number of nitrogens with one attached hydrogen (secondary N) is 2. The minimum absolute atomic E-state index is 0.0501. The highest BCUT2D eigenvalue weighted by Crippen LogP contribution is 2.33. The summed E-state index contributed by atoms with van der Waals surface area (Å²) in [6, 6.07) is 10.4. The smallest absolute Gasteiger partial charge is 0.319 e. The fourth-order valence-electron chi connectivity index (χ4n) is 3.08. The molecule has 0 atom stereocenters. The van der Waals surface area contributed by atoms with Crippen LogP contribution in [-0.4, -0.2) is 38.7 Å². The first-order chi connectivity index (χ1) is 14.1. The summed E-state index contributed by atoms with van der Waals surface area (Å²) >= 11 is 0. The Morgan fingerprint density at radius 2 is 1.97 bits per heavy atom. The zero-order valence-electron chi connectivity index (χ0n) is 16.2. The Morgan fingerprint density at radius 3 is 2.69 bits per heavy atom. The van der Waals surface area contributed by atoms with Crippen molar-refractivity contribution in [2.75, 3.05) is 37.0 Å². The van der Waals surface area contributed by atoms with Crippen LogP contribution in [0.2, 0.25) is 0 Å². The van der Waals surface area contributed by atoms with Gasteiger partial charge >= 0.3 is 6.03 Å². The molecule has 1 aliphatic heterocycles. The number of halogens is 1. The van der Waals surface area contributed by atoms with Crippen LogP contribution in [-0.2, 0) is 4.79 Å². The van der Waals surface area contributed by atoms with E-state index in [1.807, 2.05) is 0 Å². The van der Waals surface area contributed by atoms with E-state index >= 15 is 0 Å². The lowest BCUT2D eigenvalue weighted by molar-refractivity contribution is -0.119. The third kappa shape index (κ3) is 5.60. The maximum absolute atomic E-state index is 12.9. The topological polar surface area (TPSA) is 79.9 Å². The average molecular weight is 401 g/mol. The van der Waals surface area contributed by atoms with E-state index in [0.717, 1.165) is 12.8 Å². The van der Waals surface area contributed by atoms with Crippen LogP contribution in [0.15, 0.2) is 42.5 Å². The molecule has 3 rings (SSSR count). The van der Waals surface area contributed by atoms with Gasteiger partial charge in [-0.05, 0) is 55.3 Å². The second-order valence-corrected chi connectivity index (χ2v) is 6.57. The van der Waals surface area contributed by atoms with Crippen LogP contribution >= 0.6 is 0 Å². The number of benzene rings is 2. The quantitative estimate of drug-likeness (QED) is 0.696. The Morgan fingerprint density at radius 1 is 1.17 bits per heavy atom. The van der Waals surface area contributed by atoms with E-state index < -0.39 is 6.03 Å². The minimum atomic E-state index is -0.395. The van der Waals surface area contributed by atoms with Crippen LogP contribution in [0.25, 0.3) is 0 Å². The van der Waals surface area contributed by atoms with Crippen LogP contribution in [0.4, 0.5) is 20.6 Å². The molecule has 0 saturated carbocycles. The number of carbonyl (C=O) groups is 2. The summed E-state index contributed by atoms with van der Waals surface area (Å²) in [7, 11) is 1.55. The van der Waals surface area contributed by atoms with Crippen molar-refractivity contribution in [3.63, 3.8) is 0 Å². The summed E-state index contributed by atoms with van der Waals surface area (Å²) in [6.45, 7) is 1.15. The van der Waals surface area contributed by atoms with E-state index in [1.165, 1.54) is 24.3 Å². The second kappa shape index (κ2) is 9.77. The molecule has 0 aliphatic carbocycles. The van der Waals surface area contributed by atoms with Gasteiger partial charge in [-0.2, -0.15) is 0 Å². The number of rotatable bonds is 7. The third-order valence-electron chi connectivity index (χ3n) is 4.52. The van der Waals surface area contributed by atoms with Crippen LogP contribution < -0.4 is 25.0 Å². The van der Waals surface area contributed by atoms with E-state index in [1.54, 1.807) is 30.2 Å². The Hall–Kier alpha value is -3.29. The first-order valence-electron chi connectivity index (χ1n) is 9.48. The molecule has 2 aromatic carbocycles. The molecule has 0 unspecified atom stereocenters. The van der Waals surface area contributed by atoms with Crippen molar-refractivity contribution in [1.82, 2.24) is 5.32 Å². The fraction of sp³-hybridized carbons (Fsp3) is 0.333. The molecule has 1 aliphatic rings. The number of methoxy groups -OCH3 is 1. The Balaban J connectivity index is 1.53. The fourth-order valence-corrected chi connectivity index (χ4v) is 3.08. The molecule has 1 saturated heterocycles. The molecular formula is C21H24FN3O4. The summed E-state index contributed by atoms with van der Waals surface area (Å²) in [4.78, 5) is 26.1. The van der Waals surface area contributed by atoms with Crippen LogP contribution in [0.3, 0.4) is 0 Å². The van der Waals surface area contributed by atoms with E-state index in [9.17, 15) is 14.0 Å². The molecule has 0 spiro atoms. The van der Waals surface area contributed by atoms with Gasteiger partial charge in [-0.1, -0.05) is 0 Å². The molecule has 3 amide bonds. The second-order valence-electron chi connectivity index (χ2n) is 6.57. The summed E-state index contributed by atoms with van der Waals surface area (Å²) in [5, 5.41) is 5.43. The number of piperidine rings is 1. The van der Waals surface area contributed by atoms with Crippen LogP contribution in [0, 0.1) is 5.82 Å². The van der Waals surface area contributed by atoms with Gasteiger partial charge in [-0.15, -0.1) is 0 Å². The SMILES string of the molecule is COc1ccc(NC(=O)NCCOc2ccc(F)cc2)cc1N1CCCCC1=O. The summed E-state index contributed by atoms with van der Waals surface area (Å²) in [6.07, 6.45) is 2.33. The van der Waals surface area contributed by atoms with Gasteiger partial charge in [-0.3, -0.25) is 4.79 Å². The maximum Gasteiger partial charge on any atom is 0.319 e. The highest BCUT2D eigenvalue weighted by atomic mass is 19.1. The summed E-state index contributed by atoms with van der Waals surface area (Å²) in [5.74, 6) is 0.826. The number of urea groups is 1. The van der Waals surface area contributed by atoms with Gasteiger partial charge in [0.25, 0.3) is 0 Å². The molecule has 29 heavy (non-hydrogen) atoms. The van der Waals surface area contributed by atoms with E-state index in [2.05, 4.69) is 10.6 Å². The molecule has 2 N–H and O–H groups in total. The molecule has 0 radical (unpaired) electrons. The highest BCUT2D eigenvalue weighted by molar-refractivity contribution is 5.97. The van der Waals surface area contributed by atoms with Crippen molar-refractivity contribution in [3.05, 3.63) is 48.3 Å². The van der Waals surface area contributed by atoms with Gasteiger partial charge in [0.2, 0.25) is 5.91 Å². The zero-order chi connectivity index (χ0) is 20.6. The van der Waals surface area contributed by atoms with E-state index in [0.29, 0.717) is 35.8 Å². The molecule has 8 heteroatoms. The Kier molecular flexibility index (Phi) is 6.89. The normalized spacial score (nSPS) is 13.7. The van der Waals surface area contributed by atoms with Gasteiger partial charge in [0.15, 0.2) is 0 Å². The van der Waals surface area contributed by atoms with Crippen molar-refractivity contribution in [2.45, 2.75) is 19.3 Å². The predicted molar refractivity (Wildman–Crippen MR) is 108 cm³/mol. The van der Waals surface area contributed by atoms with Gasteiger partial charge < -0.3 is 25.0 Å². The molecule has 2 aromatic rings. The lowest BCUT2D eigenvalue weighted by Crippen LogP contribution is -2.35. The number of anilines is 2. The molecule has 1 fully saturated rings. The van der Waals surface area contributed by atoms with E-state index in [-0.39, 0.29) is 24.9 Å². The van der Waals surface area contributed by atoms with Crippen molar-refractivity contribution < 1.29 is 23.5 Å². The van der Waals surface area contributed by atoms with Gasteiger partial charge in [0, 0.05) is 18.7 Å². The Labute approximate surface area is 168 Å². The van der Waals surface area contributed by atoms with Crippen molar-refractivity contribution >= 4 is 23.3 Å². The number of hydrogen-bond donors (Lipinski definition) is 2. The third-order valence-corrected chi connectivity index (χ3v) is 4.52. The molecule has 0 aromatic heterocycles. The molecular weight excluding hydrogens is 377 g/mol. The standard InChI is InChI=1S/C21H24FN3O4/c1-28-19-10-7-16(14-18(19)25-12-3-2-4-20(25)26)24-21(27)23-11-13-29-17-8-5-15(22)6-9-17/h5-10,14H,2-4,11-13H2,1H3,(H2,23,24,27). The minimum Gasteiger partial charge on any atom is -0.495 e. The van der Waals surface area contributed by atoms with Crippen LogP contribution in [0.1, 0.15) is 19.3 Å². The van der Waals surface area contributed by atoms with Gasteiger partial charge in [0.1, 0.15) is 23.9 Å². The number of carbonyl (C=O) groups excluding carboxylic acids is 2. The molecule has 154 valence electrons. The first-order valence-corrected chi connectivity index (χ1v) is 9.48. The maximum atomic E-state index is 12.9. The van der Waals surface area contributed by atoms with Crippen LogP contribution in [0.5, 0.6) is 11.5 Å². The lowest BCUT2D eigenvalue weighted by Gasteiger charge is -2.28. The van der Waals surface area contributed by atoms with Crippen molar-refractivity contribution in [3.8, 4) is 11.5 Å². The van der Waals surface area contributed by atoms with Gasteiger partial charge in [-0.25, -0.2) is 9.18 Å². The Bertz CT molecular complexity index is 858. The highest BCUT2D eigenvalue weighted by Gasteiger charge is 2.23. The number of amides is 3. The van der Waals surface area contributed by atoms with E-state index in [4.69, 9.17) is 9.47 Å². The lowest BCUT2D eigenvalue weighted by atomic mass is 10.1. The summed E-state index contributed by atoms with van der Waals surface area (Å²) in [5.41, 5.74) is 1.20. The number of nitrogens with zero attached hydrogens (tertiary/aromatic N) is 1. The summed E-state index contributed by atoms with van der Waals surface area (Å²) < 4.78 is 23.7. The largest absolute Gasteiger partial charge is 0.495 e. The zero-order valence-corrected chi connectivity index (χ0v) is 16.2. The van der Waals surface area contributed by atoms with Gasteiger partial charge in [0.05, 0.1) is 19.3 Å². The first kappa shape index (κ1) is 20.4. The average Bonchev–Trinajstić information content (AvgIpc) is 2.73. The monoisotopic (exact) mass is 401 g/mol. The molecule has 0 bridgehead atoms. The van der Waals surface area contributed by atoms with Crippen molar-refractivity contribution in [2.24, 2.45) is 0 Å². The number of ether oxygens (including phenoxy) is 2. The molecule has 7 nitrogen and oxygen atoms in total.